The largest absolute Gasteiger partial charge is 0.412 e. The summed E-state index contributed by atoms with van der Waals surface area (Å²) in [6, 6.07) is 0. The SMILES string of the molecule is NCCC(N)=O.O. The third kappa shape index (κ3) is 10.8. The zero-order valence-corrected chi connectivity index (χ0v) is 3.98. The quantitative estimate of drug-likeness (QED) is 0.425. The lowest BCUT2D eigenvalue weighted by molar-refractivity contribution is -0.117. The van der Waals surface area contributed by atoms with Gasteiger partial charge in [-0.05, 0) is 0 Å². The monoisotopic (exact) mass is 106 g/mol. The van der Waals surface area contributed by atoms with E-state index in [-0.39, 0.29) is 11.4 Å². The van der Waals surface area contributed by atoms with E-state index in [0.717, 1.165) is 0 Å². The lowest BCUT2D eigenvalue weighted by atomic mass is 10.4. The van der Waals surface area contributed by atoms with Crippen LogP contribution in [0.5, 0.6) is 0 Å². The van der Waals surface area contributed by atoms with Gasteiger partial charge in [-0.3, -0.25) is 4.79 Å². The fraction of sp³-hybridized carbons (Fsp3) is 0.667. The average Bonchev–Trinajstić information content (AvgIpc) is 1.35. The highest BCUT2D eigenvalue weighted by Crippen LogP contribution is 1.63. The highest BCUT2D eigenvalue weighted by molar-refractivity contribution is 5.73. The summed E-state index contributed by atoms with van der Waals surface area (Å²) in [7, 11) is 0. The standard InChI is InChI=1S/C3H8N2O.H2O/c4-2-1-3(5)6;/h1-2,4H2,(H2,5,6);1H2. The normalized spacial score (nSPS) is 7.00. The number of amides is 1. The maximum absolute atomic E-state index is 9.74. The van der Waals surface area contributed by atoms with Crippen LogP contribution in [0, 0.1) is 0 Å². The molecule has 0 aliphatic rings. The van der Waals surface area contributed by atoms with Gasteiger partial charge in [0.2, 0.25) is 5.91 Å². The fourth-order valence-corrected chi connectivity index (χ4v) is 0.142. The van der Waals surface area contributed by atoms with Crippen LogP contribution in [-0.2, 0) is 4.79 Å². The van der Waals surface area contributed by atoms with Crippen LogP contribution in [0.3, 0.4) is 0 Å². The topological polar surface area (TPSA) is 101 Å². The predicted octanol–water partition coefficient (Wildman–Crippen LogP) is -2.00. The van der Waals surface area contributed by atoms with E-state index in [9.17, 15) is 4.79 Å². The van der Waals surface area contributed by atoms with E-state index in [1.54, 1.807) is 0 Å². The Hall–Kier alpha value is -0.610. The van der Waals surface area contributed by atoms with E-state index < -0.39 is 0 Å². The third-order valence-corrected chi connectivity index (χ3v) is 0.391. The first kappa shape index (κ1) is 9.63. The molecular weight excluding hydrogens is 96.0 g/mol. The predicted molar refractivity (Wildman–Crippen MR) is 26.5 cm³/mol. The number of nitrogens with two attached hydrogens (primary N) is 2. The summed E-state index contributed by atoms with van der Waals surface area (Å²) in [5.41, 5.74) is 9.61. The first-order chi connectivity index (χ1) is 2.77. The molecule has 0 radical (unpaired) electrons. The third-order valence-electron chi connectivity index (χ3n) is 0.391. The number of rotatable bonds is 2. The van der Waals surface area contributed by atoms with Crippen molar-refractivity contribution in [3.05, 3.63) is 0 Å². The van der Waals surface area contributed by atoms with Crippen molar-refractivity contribution in [2.24, 2.45) is 11.5 Å². The molecule has 0 aliphatic carbocycles. The van der Waals surface area contributed by atoms with Crippen LogP contribution in [0.4, 0.5) is 0 Å². The smallest absolute Gasteiger partial charge is 0.218 e. The summed E-state index contributed by atoms with van der Waals surface area (Å²) in [5, 5.41) is 0. The summed E-state index contributed by atoms with van der Waals surface area (Å²) < 4.78 is 0. The number of hydrogen-bond donors (Lipinski definition) is 2. The lowest BCUT2D eigenvalue weighted by Crippen LogP contribution is -2.15. The molecule has 0 aliphatic heterocycles. The second-order valence-corrected chi connectivity index (χ2v) is 1.00. The highest BCUT2D eigenvalue weighted by Gasteiger charge is 1.84. The molecule has 1 amide bonds. The van der Waals surface area contributed by atoms with E-state index in [1.165, 1.54) is 0 Å². The van der Waals surface area contributed by atoms with Crippen LogP contribution in [0.25, 0.3) is 0 Å². The van der Waals surface area contributed by atoms with Crippen LogP contribution in [0.1, 0.15) is 6.42 Å². The Bertz CT molecular complexity index is 54.9. The second kappa shape index (κ2) is 5.39. The molecule has 0 aromatic rings. The van der Waals surface area contributed by atoms with Gasteiger partial charge in [-0.25, -0.2) is 0 Å². The van der Waals surface area contributed by atoms with E-state index in [4.69, 9.17) is 5.73 Å². The highest BCUT2D eigenvalue weighted by atomic mass is 16.1. The average molecular weight is 106 g/mol. The van der Waals surface area contributed by atoms with Crippen LogP contribution in [-0.4, -0.2) is 17.9 Å². The number of primary amides is 1. The summed E-state index contributed by atoms with van der Waals surface area (Å²) in [6.07, 6.45) is 0.292. The van der Waals surface area contributed by atoms with Gasteiger partial charge in [0.1, 0.15) is 0 Å². The van der Waals surface area contributed by atoms with Crippen molar-refractivity contribution in [1.82, 2.24) is 0 Å². The lowest BCUT2D eigenvalue weighted by Gasteiger charge is -1.82. The van der Waals surface area contributed by atoms with Gasteiger partial charge in [0.25, 0.3) is 0 Å². The minimum Gasteiger partial charge on any atom is -0.412 e. The van der Waals surface area contributed by atoms with Gasteiger partial charge in [-0.2, -0.15) is 0 Å². The maximum Gasteiger partial charge on any atom is 0.218 e. The molecule has 44 valence electrons. The minimum atomic E-state index is -0.336. The number of carbonyl (C=O) groups is 1. The van der Waals surface area contributed by atoms with Crippen LogP contribution >= 0.6 is 0 Å². The fourth-order valence-electron chi connectivity index (χ4n) is 0.142. The van der Waals surface area contributed by atoms with Crippen LogP contribution in [0.2, 0.25) is 0 Å². The van der Waals surface area contributed by atoms with Gasteiger partial charge in [0.15, 0.2) is 0 Å². The minimum absolute atomic E-state index is 0. The van der Waals surface area contributed by atoms with Crippen molar-refractivity contribution in [3.8, 4) is 0 Å². The Kier molecular flexibility index (Phi) is 7.42. The van der Waals surface area contributed by atoms with Gasteiger partial charge in [0.05, 0.1) is 0 Å². The number of carbonyl (C=O) groups excluding carboxylic acids is 1. The molecule has 0 aromatic heterocycles. The summed E-state index contributed by atoms with van der Waals surface area (Å²) >= 11 is 0. The van der Waals surface area contributed by atoms with E-state index >= 15 is 0 Å². The molecule has 7 heavy (non-hydrogen) atoms. The zero-order chi connectivity index (χ0) is 4.99. The molecule has 0 rings (SSSR count). The Labute approximate surface area is 41.8 Å². The van der Waals surface area contributed by atoms with Gasteiger partial charge in [-0.15, -0.1) is 0 Å². The first-order valence-corrected chi connectivity index (χ1v) is 1.75. The zero-order valence-electron chi connectivity index (χ0n) is 3.98. The van der Waals surface area contributed by atoms with Crippen molar-refractivity contribution in [2.45, 2.75) is 6.42 Å². The summed E-state index contributed by atoms with van der Waals surface area (Å²) in [4.78, 5) is 9.74. The molecule has 0 aromatic carbocycles. The molecule has 0 atom stereocenters. The summed E-state index contributed by atoms with van der Waals surface area (Å²) in [5.74, 6) is -0.336. The summed E-state index contributed by atoms with van der Waals surface area (Å²) in [6.45, 7) is 0.356. The van der Waals surface area contributed by atoms with Gasteiger partial charge < -0.3 is 16.9 Å². The Morgan fingerprint density at radius 1 is 1.57 bits per heavy atom. The molecule has 0 bridgehead atoms. The molecule has 6 N–H and O–H groups in total. The second-order valence-electron chi connectivity index (χ2n) is 1.00. The van der Waals surface area contributed by atoms with Crippen molar-refractivity contribution >= 4 is 5.91 Å². The Morgan fingerprint density at radius 2 is 2.00 bits per heavy atom. The van der Waals surface area contributed by atoms with Crippen LogP contribution in [0.15, 0.2) is 0 Å². The molecule has 0 unspecified atom stereocenters. The first-order valence-electron chi connectivity index (χ1n) is 1.75. The molecule has 0 heterocycles. The molecular formula is C3H10N2O2. The number of hydrogen-bond acceptors (Lipinski definition) is 2. The van der Waals surface area contributed by atoms with Gasteiger partial charge >= 0.3 is 0 Å². The molecule has 0 spiro atoms. The Balaban J connectivity index is 0. The van der Waals surface area contributed by atoms with Crippen LogP contribution < -0.4 is 11.5 Å². The molecule has 4 heteroatoms. The van der Waals surface area contributed by atoms with E-state index in [0.29, 0.717) is 13.0 Å². The molecule has 0 saturated heterocycles. The van der Waals surface area contributed by atoms with E-state index in [2.05, 4.69) is 5.73 Å². The molecule has 0 saturated carbocycles. The van der Waals surface area contributed by atoms with Crippen molar-refractivity contribution in [3.63, 3.8) is 0 Å². The maximum atomic E-state index is 9.74. The molecule has 0 fully saturated rings. The van der Waals surface area contributed by atoms with Crippen molar-refractivity contribution in [2.75, 3.05) is 6.54 Å². The molecule has 4 nitrogen and oxygen atoms in total. The van der Waals surface area contributed by atoms with E-state index in [1.807, 2.05) is 0 Å². The van der Waals surface area contributed by atoms with Crippen molar-refractivity contribution < 1.29 is 10.3 Å². The Morgan fingerprint density at radius 3 is 2.00 bits per heavy atom. The van der Waals surface area contributed by atoms with Gasteiger partial charge in [0, 0.05) is 13.0 Å². The van der Waals surface area contributed by atoms with Gasteiger partial charge in [-0.1, -0.05) is 0 Å². The van der Waals surface area contributed by atoms with Crippen molar-refractivity contribution in [1.29, 1.82) is 0 Å².